The normalized spacial score (nSPS) is 17.6. The fraction of sp³-hybridized carbons (Fsp3) is 0.238. The van der Waals surface area contributed by atoms with Crippen LogP contribution in [0.25, 0.3) is 22.1 Å². The van der Waals surface area contributed by atoms with Crippen LogP contribution in [0.4, 0.5) is 11.6 Å². The summed E-state index contributed by atoms with van der Waals surface area (Å²) >= 11 is 0. The maximum atomic E-state index is 4.80. The van der Waals surface area contributed by atoms with Crippen molar-refractivity contribution >= 4 is 33.7 Å². The van der Waals surface area contributed by atoms with Crippen LogP contribution in [0.1, 0.15) is 6.92 Å². The number of nitrogens with zero attached hydrogens (tertiary/aromatic N) is 6. The molecule has 4 aromatic rings. The predicted octanol–water partition coefficient (Wildman–Crippen LogP) is 3.29. The first-order valence-electron chi connectivity index (χ1n) is 9.23. The van der Waals surface area contributed by atoms with Gasteiger partial charge in [0.25, 0.3) is 0 Å². The summed E-state index contributed by atoms with van der Waals surface area (Å²) in [4.78, 5) is 23.3. The first-order chi connectivity index (χ1) is 13.3. The van der Waals surface area contributed by atoms with Crippen molar-refractivity contribution < 1.29 is 0 Å². The summed E-state index contributed by atoms with van der Waals surface area (Å²) in [7, 11) is 0. The average Bonchev–Trinajstić information content (AvgIpc) is 2.73. The van der Waals surface area contributed by atoms with Gasteiger partial charge in [-0.15, -0.1) is 0 Å². The lowest BCUT2D eigenvalue weighted by atomic mass is 10.2. The van der Waals surface area contributed by atoms with Gasteiger partial charge in [-0.2, -0.15) is 0 Å². The number of anilines is 2. The molecule has 5 rings (SSSR count). The van der Waals surface area contributed by atoms with Crippen molar-refractivity contribution in [3.63, 3.8) is 0 Å². The number of hydrogen-bond donors (Lipinski definition) is 0. The van der Waals surface area contributed by atoms with E-state index in [9.17, 15) is 0 Å². The van der Waals surface area contributed by atoms with Crippen molar-refractivity contribution in [1.82, 2.24) is 19.9 Å². The van der Waals surface area contributed by atoms with Crippen molar-refractivity contribution in [3.8, 4) is 0 Å². The van der Waals surface area contributed by atoms with Gasteiger partial charge in [-0.1, -0.05) is 24.3 Å². The van der Waals surface area contributed by atoms with E-state index in [4.69, 9.17) is 9.97 Å². The summed E-state index contributed by atoms with van der Waals surface area (Å²) in [5.41, 5.74) is 3.73. The minimum absolute atomic E-state index is 0.308. The number of rotatable bonds is 2. The van der Waals surface area contributed by atoms with Crippen LogP contribution >= 0.6 is 0 Å². The number of fused-ring (bicyclic) bond motifs is 2. The molecule has 0 radical (unpaired) electrons. The molecule has 134 valence electrons. The summed E-state index contributed by atoms with van der Waals surface area (Å²) in [6, 6.07) is 16.3. The van der Waals surface area contributed by atoms with Crippen molar-refractivity contribution in [2.24, 2.45) is 0 Å². The lowest BCUT2D eigenvalue weighted by Crippen LogP contribution is -2.52. The molecule has 0 unspecified atom stereocenters. The largest absolute Gasteiger partial charge is 0.351 e. The molecule has 1 aliphatic heterocycles. The molecule has 1 saturated heterocycles. The fourth-order valence-electron chi connectivity index (χ4n) is 3.69. The van der Waals surface area contributed by atoms with Crippen LogP contribution in [0.5, 0.6) is 0 Å². The van der Waals surface area contributed by atoms with Crippen LogP contribution < -0.4 is 9.80 Å². The Kier molecular flexibility index (Phi) is 3.81. The Balaban J connectivity index is 1.38. The molecule has 2 aromatic heterocycles. The molecule has 0 aliphatic carbocycles. The maximum Gasteiger partial charge on any atom is 0.148 e. The smallest absolute Gasteiger partial charge is 0.148 e. The molecular formula is C21H20N6. The Morgan fingerprint density at radius 1 is 0.741 bits per heavy atom. The third-order valence-electron chi connectivity index (χ3n) is 5.12. The predicted molar refractivity (Wildman–Crippen MR) is 108 cm³/mol. The molecule has 0 amide bonds. The Morgan fingerprint density at radius 3 is 1.93 bits per heavy atom. The van der Waals surface area contributed by atoms with Gasteiger partial charge in [0.2, 0.25) is 0 Å². The van der Waals surface area contributed by atoms with Crippen LogP contribution in [0, 0.1) is 0 Å². The van der Waals surface area contributed by atoms with Gasteiger partial charge in [0.15, 0.2) is 0 Å². The third-order valence-corrected chi connectivity index (χ3v) is 5.12. The summed E-state index contributed by atoms with van der Waals surface area (Å²) in [5, 5.41) is 0. The van der Waals surface area contributed by atoms with Gasteiger partial charge in [0.1, 0.15) is 11.6 Å². The van der Waals surface area contributed by atoms with Crippen molar-refractivity contribution in [2.45, 2.75) is 13.0 Å². The molecule has 0 spiro atoms. The molecule has 1 fully saturated rings. The van der Waals surface area contributed by atoms with Gasteiger partial charge in [0, 0.05) is 25.7 Å². The van der Waals surface area contributed by atoms with E-state index in [1.807, 2.05) is 60.9 Å². The van der Waals surface area contributed by atoms with E-state index < -0.39 is 0 Å². The topological polar surface area (TPSA) is 58.0 Å². The summed E-state index contributed by atoms with van der Waals surface area (Å²) in [5.74, 6) is 1.87. The molecule has 6 nitrogen and oxygen atoms in total. The van der Waals surface area contributed by atoms with Gasteiger partial charge in [-0.05, 0) is 31.2 Å². The fourth-order valence-corrected chi connectivity index (χ4v) is 3.69. The zero-order valence-electron chi connectivity index (χ0n) is 15.2. The molecule has 6 heteroatoms. The van der Waals surface area contributed by atoms with Gasteiger partial charge >= 0.3 is 0 Å². The highest BCUT2D eigenvalue weighted by Crippen LogP contribution is 2.23. The summed E-state index contributed by atoms with van der Waals surface area (Å²) in [6.45, 7) is 4.85. The summed E-state index contributed by atoms with van der Waals surface area (Å²) in [6.07, 6.45) is 3.75. The van der Waals surface area contributed by atoms with E-state index >= 15 is 0 Å². The quantitative estimate of drug-likeness (QED) is 0.549. The first kappa shape index (κ1) is 15.9. The second-order valence-electron chi connectivity index (χ2n) is 6.92. The van der Waals surface area contributed by atoms with Gasteiger partial charge in [0.05, 0.1) is 34.5 Å². The minimum atomic E-state index is 0.308. The molecule has 3 heterocycles. The molecule has 27 heavy (non-hydrogen) atoms. The van der Waals surface area contributed by atoms with E-state index in [2.05, 4.69) is 26.7 Å². The number of aromatic nitrogens is 4. The second-order valence-corrected chi connectivity index (χ2v) is 6.92. The average molecular weight is 356 g/mol. The van der Waals surface area contributed by atoms with E-state index in [0.29, 0.717) is 6.04 Å². The van der Waals surface area contributed by atoms with Gasteiger partial charge < -0.3 is 9.80 Å². The zero-order valence-corrected chi connectivity index (χ0v) is 15.2. The monoisotopic (exact) mass is 356 g/mol. The molecular weight excluding hydrogens is 336 g/mol. The Labute approximate surface area is 157 Å². The minimum Gasteiger partial charge on any atom is -0.351 e. The molecule has 2 aromatic carbocycles. The van der Waals surface area contributed by atoms with Crippen LogP contribution in [-0.4, -0.2) is 45.6 Å². The van der Waals surface area contributed by atoms with E-state index in [0.717, 1.165) is 53.3 Å². The number of para-hydroxylation sites is 4. The molecule has 0 bridgehead atoms. The number of benzene rings is 2. The second kappa shape index (κ2) is 6.46. The highest BCUT2D eigenvalue weighted by atomic mass is 15.3. The van der Waals surface area contributed by atoms with Crippen LogP contribution in [0.15, 0.2) is 60.9 Å². The lowest BCUT2D eigenvalue weighted by molar-refractivity contribution is 0.543. The number of hydrogen-bond acceptors (Lipinski definition) is 6. The van der Waals surface area contributed by atoms with E-state index in [1.54, 1.807) is 0 Å². The van der Waals surface area contributed by atoms with Crippen molar-refractivity contribution in [2.75, 3.05) is 29.4 Å². The standard InChI is InChI=1S/C21H20N6/c1-15-14-26(20-12-22-16-6-2-4-8-18(16)24-20)10-11-27(15)21-13-23-17-7-3-5-9-19(17)25-21/h2-9,12-13,15H,10-11,14H2,1H3/t15-/m0/s1. The Bertz CT molecular complexity index is 1110. The zero-order chi connectivity index (χ0) is 18.2. The first-order valence-corrected chi connectivity index (χ1v) is 9.23. The highest BCUT2D eigenvalue weighted by Gasteiger charge is 2.26. The lowest BCUT2D eigenvalue weighted by Gasteiger charge is -2.40. The molecule has 0 N–H and O–H groups in total. The van der Waals surface area contributed by atoms with Crippen molar-refractivity contribution in [1.29, 1.82) is 0 Å². The third kappa shape index (κ3) is 2.93. The molecule has 1 aliphatic rings. The van der Waals surface area contributed by atoms with Gasteiger partial charge in [-0.25, -0.2) is 9.97 Å². The van der Waals surface area contributed by atoms with Crippen LogP contribution in [0.3, 0.4) is 0 Å². The van der Waals surface area contributed by atoms with Gasteiger partial charge in [-0.3, -0.25) is 9.97 Å². The maximum absolute atomic E-state index is 4.80. The SMILES string of the molecule is C[C@H]1CN(c2cnc3ccccc3n2)CCN1c1cnc2ccccc2n1. The Morgan fingerprint density at radius 2 is 1.30 bits per heavy atom. The van der Waals surface area contributed by atoms with E-state index in [-0.39, 0.29) is 0 Å². The number of piperazine rings is 1. The van der Waals surface area contributed by atoms with Crippen LogP contribution in [0.2, 0.25) is 0 Å². The van der Waals surface area contributed by atoms with Crippen molar-refractivity contribution in [3.05, 3.63) is 60.9 Å². The Hall–Kier alpha value is -3.28. The highest BCUT2D eigenvalue weighted by molar-refractivity contribution is 5.76. The molecule has 1 atom stereocenters. The van der Waals surface area contributed by atoms with Crippen LogP contribution in [-0.2, 0) is 0 Å². The van der Waals surface area contributed by atoms with E-state index in [1.165, 1.54) is 0 Å². The summed E-state index contributed by atoms with van der Waals surface area (Å²) < 4.78 is 0. The molecule has 0 saturated carbocycles.